The number of fused-ring (bicyclic) bond motifs is 1. The fraction of sp³-hybridized carbons (Fsp3) is 0.222. The highest BCUT2D eigenvalue weighted by Crippen LogP contribution is 2.29. The third kappa shape index (κ3) is 3.39. The fourth-order valence-corrected chi connectivity index (χ4v) is 2.81. The molecule has 0 aliphatic heterocycles. The molecular weight excluding hydrogens is 358 g/mol. The Morgan fingerprint density at radius 3 is 2.85 bits per heavy atom. The molecule has 1 N–H and O–H groups in total. The number of aryl methyl sites for hydroxylation is 1. The van der Waals surface area contributed by atoms with E-state index in [0.29, 0.717) is 23.1 Å². The summed E-state index contributed by atoms with van der Waals surface area (Å²) in [6.07, 6.45) is 2.93. The van der Waals surface area contributed by atoms with Crippen molar-refractivity contribution in [3.05, 3.63) is 57.2 Å². The molecule has 134 valence electrons. The summed E-state index contributed by atoms with van der Waals surface area (Å²) in [6.45, 7) is 2.02. The van der Waals surface area contributed by atoms with Crippen LogP contribution in [0.1, 0.15) is 29.3 Å². The van der Waals surface area contributed by atoms with Gasteiger partial charge >= 0.3 is 5.63 Å². The minimum atomic E-state index is -0.737. The lowest BCUT2D eigenvalue weighted by molar-refractivity contribution is 0.102. The monoisotopic (exact) mass is 373 g/mol. The Morgan fingerprint density at radius 1 is 1.35 bits per heavy atom. The highest BCUT2D eigenvalue weighted by Gasteiger charge is 2.18. The number of carbonyl (C=O) groups is 1. The summed E-state index contributed by atoms with van der Waals surface area (Å²) in [5.41, 5.74) is 0.624. The minimum Gasteiger partial charge on any atom is -0.496 e. The molecule has 7 nitrogen and oxygen atoms in total. The van der Waals surface area contributed by atoms with E-state index in [1.165, 1.54) is 18.3 Å². The molecule has 1 aromatic carbocycles. The van der Waals surface area contributed by atoms with Crippen LogP contribution in [0.4, 0.5) is 5.69 Å². The first-order valence-corrected chi connectivity index (χ1v) is 8.35. The Balaban J connectivity index is 2.05. The highest BCUT2D eigenvalue weighted by atomic mass is 35.5. The van der Waals surface area contributed by atoms with Gasteiger partial charge in [-0.2, -0.15) is 5.10 Å². The lowest BCUT2D eigenvalue weighted by atomic mass is 10.0. The number of nitrogens with one attached hydrogen (secondary N) is 1. The largest absolute Gasteiger partial charge is 0.496 e. The van der Waals surface area contributed by atoms with Crippen LogP contribution in [0.5, 0.6) is 5.75 Å². The third-order valence-corrected chi connectivity index (χ3v) is 4.13. The average Bonchev–Trinajstić information content (AvgIpc) is 2.63. The molecule has 0 atom stereocenters. The van der Waals surface area contributed by atoms with Gasteiger partial charge in [-0.3, -0.25) is 4.79 Å². The molecule has 0 unspecified atom stereocenters. The van der Waals surface area contributed by atoms with E-state index in [4.69, 9.17) is 20.8 Å². The van der Waals surface area contributed by atoms with Gasteiger partial charge in [0.1, 0.15) is 16.9 Å². The van der Waals surface area contributed by atoms with Crippen LogP contribution in [0, 0.1) is 0 Å². The van der Waals surface area contributed by atoms with Crippen molar-refractivity contribution in [3.63, 3.8) is 0 Å². The maximum absolute atomic E-state index is 12.5. The predicted molar refractivity (Wildman–Crippen MR) is 98.0 cm³/mol. The number of aromatic nitrogens is 2. The first-order valence-electron chi connectivity index (χ1n) is 7.97. The SMILES string of the molecule is CCCc1c(OC)ccc2cc(C(=O)Nc3ccnnc3Cl)c(=O)oc12. The van der Waals surface area contributed by atoms with Crippen molar-refractivity contribution >= 4 is 34.2 Å². The van der Waals surface area contributed by atoms with Gasteiger partial charge < -0.3 is 14.5 Å². The maximum Gasteiger partial charge on any atom is 0.349 e. The number of benzene rings is 1. The second kappa shape index (κ2) is 7.53. The van der Waals surface area contributed by atoms with Gasteiger partial charge in [0.2, 0.25) is 0 Å². The number of hydrogen-bond acceptors (Lipinski definition) is 6. The number of anilines is 1. The zero-order valence-electron chi connectivity index (χ0n) is 14.2. The lowest BCUT2D eigenvalue weighted by Gasteiger charge is -2.11. The Morgan fingerprint density at radius 2 is 2.15 bits per heavy atom. The molecule has 0 bridgehead atoms. The van der Waals surface area contributed by atoms with Gasteiger partial charge in [0.05, 0.1) is 19.0 Å². The molecule has 26 heavy (non-hydrogen) atoms. The number of ether oxygens (including phenoxy) is 1. The molecule has 2 aromatic heterocycles. The summed E-state index contributed by atoms with van der Waals surface area (Å²) < 4.78 is 10.8. The number of amides is 1. The molecule has 2 heterocycles. The number of methoxy groups -OCH3 is 1. The second-order valence-corrected chi connectivity index (χ2v) is 5.91. The standard InChI is InChI=1S/C18H16ClN3O4/c1-3-4-11-14(25-2)6-5-10-9-12(18(24)26-15(10)11)17(23)21-13-7-8-20-22-16(13)19/h5-9H,3-4H2,1-2H3,(H,20,21,23). The van der Waals surface area contributed by atoms with Gasteiger partial charge in [-0.05, 0) is 30.7 Å². The Bertz CT molecular complexity index is 1030. The number of halogens is 1. The smallest absolute Gasteiger partial charge is 0.349 e. The Hall–Kier alpha value is -2.93. The van der Waals surface area contributed by atoms with Crippen LogP contribution in [0.2, 0.25) is 5.15 Å². The van der Waals surface area contributed by atoms with E-state index in [-0.39, 0.29) is 16.4 Å². The van der Waals surface area contributed by atoms with E-state index in [1.54, 1.807) is 19.2 Å². The third-order valence-electron chi connectivity index (χ3n) is 3.85. The van der Waals surface area contributed by atoms with Crippen molar-refractivity contribution < 1.29 is 13.9 Å². The van der Waals surface area contributed by atoms with E-state index in [2.05, 4.69) is 15.5 Å². The fourth-order valence-electron chi connectivity index (χ4n) is 2.66. The van der Waals surface area contributed by atoms with Crippen molar-refractivity contribution in [2.24, 2.45) is 0 Å². The Kier molecular flexibility index (Phi) is 5.18. The number of carbonyl (C=O) groups excluding carboxylic acids is 1. The molecule has 8 heteroatoms. The predicted octanol–water partition coefficient (Wildman–Crippen LogP) is 3.45. The van der Waals surface area contributed by atoms with E-state index >= 15 is 0 Å². The van der Waals surface area contributed by atoms with E-state index in [1.807, 2.05) is 6.92 Å². The summed E-state index contributed by atoms with van der Waals surface area (Å²) >= 11 is 5.88. The summed E-state index contributed by atoms with van der Waals surface area (Å²) in [5.74, 6) is 0.0118. The van der Waals surface area contributed by atoms with E-state index in [0.717, 1.165) is 12.0 Å². The summed E-state index contributed by atoms with van der Waals surface area (Å²) in [4.78, 5) is 24.8. The van der Waals surface area contributed by atoms with Gasteiger partial charge in [0.25, 0.3) is 5.91 Å². The number of rotatable bonds is 5. The lowest BCUT2D eigenvalue weighted by Crippen LogP contribution is -2.21. The van der Waals surface area contributed by atoms with Crippen LogP contribution >= 0.6 is 11.6 Å². The molecule has 3 aromatic rings. The highest BCUT2D eigenvalue weighted by molar-refractivity contribution is 6.32. The molecule has 0 aliphatic carbocycles. The van der Waals surface area contributed by atoms with Crippen molar-refractivity contribution in [2.45, 2.75) is 19.8 Å². The molecule has 3 rings (SSSR count). The van der Waals surface area contributed by atoms with Crippen molar-refractivity contribution in [1.82, 2.24) is 10.2 Å². The molecule has 0 aliphatic rings. The first kappa shape index (κ1) is 17.9. The van der Waals surface area contributed by atoms with Crippen LogP contribution in [0.15, 0.2) is 39.7 Å². The molecule has 1 amide bonds. The van der Waals surface area contributed by atoms with Crippen LogP contribution < -0.4 is 15.7 Å². The average molecular weight is 374 g/mol. The van der Waals surface area contributed by atoms with Crippen molar-refractivity contribution in [2.75, 3.05) is 12.4 Å². The second-order valence-electron chi connectivity index (χ2n) is 5.55. The number of nitrogens with zero attached hydrogens (tertiary/aromatic N) is 2. The molecular formula is C18H16ClN3O4. The zero-order valence-corrected chi connectivity index (χ0v) is 15.0. The molecule has 0 fully saturated rings. The summed E-state index contributed by atoms with van der Waals surface area (Å²) in [7, 11) is 1.56. The van der Waals surface area contributed by atoms with E-state index in [9.17, 15) is 9.59 Å². The summed E-state index contributed by atoms with van der Waals surface area (Å²) in [5, 5.41) is 10.4. The van der Waals surface area contributed by atoms with Crippen LogP contribution in [-0.4, -0.2) is 23.2 Å². The van der Waals surface area contributed by atoms with Crippen molar-refractivity contribution in [3.8, 4) is 5.75 Å². The molecule has 0 saturated carbocycles. The van der Waals surface area contributed by atoms with Gasteiger partial charge in [-0.25, -0.2) is 4.79 Å². The van der Waals surface area contributed by atoms with Crippen LogP contribution in [0.25, 0.3) is 11.0 Å². The molecule has 0 saturated heterocycles. The molecule has 0 spiro atoms. The first-order chi connectivity index (χ1) is 12.5. The van der Waals surface area contributed by atoms with Gasteiger partial charge in [-0.15, -0.1) is 5.10 Å². The van der Waals surface area contributed by atoms with Crippen molar-refractivity contribution in [1.29, 1.82) is 0 Å². The zero-order chi connectivity index (χ0) is 18.7. The van der Waals surface area contributed by atoms with Crippen LogP contribution in [0.3, 0.4) is 0 Å². The van der Waals surface area contributed by atoms with E-state index < -0.39 is 11.5 Å². The quantitative estimate of drug-likeness (QED) is 0.688. The molecule has 0 radical (unpaired) electrons. The van der Waals surface area contributed by atoms with Gasteiger partial charge in [-0.1, -0.05) is 24.9 Å². The van der Waals surface area contributed by atoms with Crippen LogP contribution in [-0.2, 0) is 6.42 Å². The summed E-state index contributed by atoms with van der Waals surface area (Å²) in [6, 6.07) is 6.52. The van der Waals surface area contributed by atoms with Gasteiger partial charge in [0.15, 0.2) is 5.15 Å². The minimum absolute atomic E-state index is 0.0287. The van der Waals surface area contributed by atoms with Gasteiger partial charge in [0, 0.05) is 10.9 Å². The Labute approximate surface area is 153 Å². The maximum atomic E-state index is 12.5. The normalized spacial score (nSPS) is 10.7. The number of hydrogen-bond donors (Lipinski definition) is 1. The topological polar surface area (TPSA) is 94.3 Å².